The van der Waals surface area contributed by atoms with Gasteiger partial charge in [-0.1, -0.05) is 36.4 Å². The molecule has 0 spiro atoms. The largest absolute Gasteiger partial charge is 0.456 e. The van der Waals surface area contributed by atoms with Gasteiger partial charge < -0.3 is 10.5 Å². The molecule has 0 bridgehead atoms. The number of nitrogens with two attached hydrogens (primary N) is 1. The van der Waals surface area contributed by atoms with E-state index in [1.165, 1.54) is 5.39 Å². The smallest absolute Gasteiger partial charge is 0.157 e. The van der Waals surface area contributed by atoms with Crippen LogP contribution in [0.1, 0.15) is 0 Å². The second-order valence-corrected chi connectivity index (χ2v) is 5.27. The number of hydrogen-bond acceptors (Lipinski definition) is 3. The Bertz CT molecular complexity index is 988. The molecule has 0 aliphatic heterocycles. The number of hydrogen-bond donors (Lipinski definition) is 1. The van der Waals surface area contributed by atoms with E-state index in [2.05, 4.69) is 23.3 Å². The molecule has 4 aromatic rings. The minimum Gasteiger partial charge on any atom is -0.456 e. The molecule has 4 nitrogen and oxygen atoms in total. The number of benzene rings is 3. The zero-order chi connectivity index (χ0) is 15.1. The van der Waals surface area contributed by atoms with E-state index in [4.69, 9.17) is 10.5 Å². The van der Waals surface area contributed by atoms with E-state index in [1.807, 2.05) is 49.5 Å². The van der Waals surface area contributed by atoms with Gasteiger partial charge in [-0.2, -0.15) is 5.10 Å². The fourth-order valence-electron chi connectivity index (χ4n) is 2.76. The lowest BCUT2D eigenvalue weighted by Crippen LogP contribution is -1.90. The Morgan fingerprint density at radius 1 is 0.955 bits per heavy atom. The van der Waals surface area contributed by atoms with Crippen LogP contribution in [0.2, 0.25) is 0 Å². The second-order valence-electron chi connectivity index (χ2n) is 5.27. The summed E-state index contributed by atoms with van der Waals surface area (Å²) < 4.78 is 7.82. The molecule has 0 aliphatic carbocycles. The van der Waals surface area contributed by atoms with Gasteiger partial charge in [0.25, 0.3) is 0 Å². The summed E-state index contributed by atoms with van der Waals surface area (Å²) in [6.07, 6.45) is 0. The maximum absolute atomic E-state index is 6.06. The molecule has 0 atom stereocenters. The van der Waals surface area contributed by atoms with Crippen LogP contribution >= 0.6 is 0 Å². The SMILES string of the molecule is Cn1nc(N)c2c(Oc3ccc4ccccc4c3)cccc21. The molecule has 1 aromatic heterocycles. The summed E-state index contributed by atoms with van der Waals surface area (Å²) in [5, 5.41) is 7.44. The highest BCUT2D eigenvalue weighted by molar-refractivity contribution is 5.95. The van der Waals surface area contributed by atoms with Gasteiger partial charge in [0.2, 0.25) is 0 Å². The quantitative estimate of drug-likeness (QED) is 0.604. The number of rotatable bonds is 2. The molecule has 0 amide bonds. The van der Waals surface area contributed by atoms with E-state index in [0.717, 1.165) is 27.8 Å². The van der Waals surface area contributed by atoms with Crippen molar-refractivity contribution in [3.8, 4) is 11.5 Å². The van der Waals surface area contributed by atoms with E-state index in [0.29, 0.717) is 5.82 Å². The van der Waals surface area contributed by atoms with Crippen LogP contribution in [0.25, 0.3) is 21.7 Å². The Balaban J connectivity index is 1.82. The lowest BCUT2D eigenvalue weighted by molar-refractivity contribution is 0.489. The van der Waals surface area contributed by atoms with Crippen molar-refractivity contribution in [1.82, 2.24) is 9.78 Å². The van der Waals surface area contributed by atoms with Gasteiger partial charge in [-0.05, 0) is 35.0 Å². The molecular weight excluding hydrogens is 274 g/mol. The number of aromatic nitrogens is 2. The molecule has 0 saturated heterocycles. The molecule has 0 saturated carbocycles. The second kappa shape index (κ2) is 4.77. The molecule has 4 heteroatoms. The summed E-state index contributed by atoms with van der Waals surface area (Å²) in [5.74, 6) is 1.99. The van der Waals surface area contributed by atoms with Crippen LogP contribution in [-0.4, -0.2) is 9.78 Å². The summed E-state index contributed by atoms with van der Waals surface area (Å²) in [6, 6.07) is 20.1. The van der Waals surface area contributed by atoms with Crippen molar-refractivity contribution in [2.75, 3.05) is 5.73 Å². The van der Waals surface area contributed by atoms with Crippen molar-refractivity contribution in [3.63, 3.8) is 0 Å². The predicted molar refractivity (Wildman–Crippen MR) is 89.1 cm³/mol. The zero-order valence-corrected chi connectivity index (χ0v) is 12.2. The van der Waals surface area contributed by atoms with Crippen molar-refractivity contribution in [3.05, 3.63) is 60.7 Å². The van der Waals surface area contributed by atoms with Crippen LogP contribution in [0.5, 0.6) is 11.5 Å². The Morgan fingerprint density at radius 3 is 2.64 bits per heavy atom. The van der Waals surface area contributed by atoms with E-state index in [-0.39, 0.29) is 0 Å². The molecule has 3 aromatic carbocycles. The Labute approximate surface area is 127 Å². The first kappa shape index (κ1) is 12.7. The number of nitrogens with zero attached hydrogens (tertiary/aromatic N) is 2. The lowest BCUT2D eigenvalue weighted by Gasteiger charge is -2.08. The normalized spacial score (nSPS) is 11.1. The number of anilines is 1. The molecule has 22 heavy (non-hydrogen) atoms. The summed E-state index contributed by atoms with van der Waals surface area (Å²) >= 11 is 0. The van der Waals surface area contributed by atoms with E-state index >= 15 is 0 Å². The first-order valence-corrected chi connectivity index (χ1v) is 7.10. The summed E-state index contributed by atoms with van der Waals surface area (Å²) in [4.78, 5) is 0. The van der Waals surface area contributed by atoms with E-state index < -0.39 is 0 Å². The minimum atomic E-state index is 0.480. The molecule has 4 rings (SSSR count). The van der Waals surface area contributed by atoms with Crippen LogP contribution in [-0.2, 0) is 7.05 Å². The molecule has 1 heterocycles. The summed E-state index contributed by atoms with van der Waals surface area (Å²) in [5.41, 5.74) is 6.96. The fourth-order valence-corrected chi connectivity index (χ4v) is 2.76. The van der Waals surface area contributed by atoms with E-state index in [9.17, 15) is 0 Å². The lowest BCUT2D eigenvalue weighted by atomic mass is 10.1. The van der Waals surface area contributed by atoms with Crippen molar-refractivity contribution in [2.24, 2.45) is 7.05 Å². The Hall–Kier alpha value is -3.01. The van der Waals surface area contributed by atoms with Crippen LogP contribution in [0.4, 0.5) is 5.82 Å². The average molecular weight is 289 g/mol. The van der Waals surface area contributed by atoms with Crippen LogP contribution in [0.3, 0.4) is 0 Å². The van der Waals surface area contributed by atoms with Gasteiger partial charge in [-0.3, -0.25) is 4.68 Å². The highest BCUT2D eigenvalue weighted by Gasteiger charge is 2.12. The first-order chi connectivity index (χ1) is 10.7. The maximum atomic E-state index is 6.06. The molecular formula is C18H15N3O. The van der Waals surface area contributed by atoms with Gasteiger partial charge in [0.15, 0.2) is 5.82 Å². The van der Waals surface area contributed by atoms with Crippen LogP contribution in [0.15, 0.2) is 60.7 Å². The number of aryl methyl sites for hydroxylation is 1. The maximum Gasteiger partial charge on any atom is 0.157 e. The third kappa shape index (κ3) is 1.97. The van der Waals surface area contributed by atoms with Gasteiger partial charge in [0.1, 0.15) is 11.5 Å². The highest BCUT2D eigenvalue weighted by atomic mass is 16.5. The van der Waals surface area contributed by atoms with Crippen LogP contribution in [0, 0.1) is 0 Å². The van der Waals surface area contributed by atoms with Crippen LogP contribution < -0.4 is 10.5 Å². The van der Waals surface area contributed by atoms with Crippen molar-refractivity contribution in [2.45, 2.75) is 0 Å². The molecule has 0 radical (unpaired) electrons. The van der Waals surface area contributed by atoms with Gasteiger partial charge in [-0.25, -0.2) is 0 Å². The monoisotopic (exact) mass is 289 g/mol. The van der Waals surface area contributed by atoms with Gasteiger partial charge >= 0.3 is 0 Å². The number of nitrogen functional groups attached to an aromatic ring is 1. The van der Waals surface area contributed by atoms with Crippen molar-refractivity contribution >= 4 is 27.5 Å². The molecule has 108 valence electrons. The third-order valence-corrected chi connectivity index (χ3v) is 3.82. The Morgan fingerprint density at radius 2 is 1.77 bits per heavy atom. The third-order valence-electron chi connectivity index (χ3n) is 3.82. The Kier molecular flexibility index (Phi) is 2.76. The standard InChI is InChI=1S/C18H15N3O/c1-21-15-7-4-8-16(17(15)18(19)20-21)22-14-10-9-12-5-2-3-6-13(12)11-14/h2-11H,1H3,(H2,19,20). The minimum absolute atomic E-state index is 0.480. The van der Waals surface area contributed by atoms with Crippen molar-refractivity contribution in [1.29, 1.82) is 0 Å². The van der Waals surface area contributed by atoms with E-state index in [1.54, 1.807) is 4.68 Å². The predicted octanol–water partition coefficient (Wildman–Crippen LogP) is 4.10. The molecule has 2 N–H and O–H groups in total. The molecule has 0 fully saturated rings. The summed E-state index contributed by atoms with van der Waals surface area (Å²) in [6.45, 7) is 0. The number of fused-ring (bicyclic) bond motifs is 2. The highest BCUT2D eigenvalue weighted by Crippen LogP contribution is 2.34. The summed E-state index contributed by atoms with van der Waals surface area (Å²) in [7, 11) is 1.87. The fraction of sp³-hybridized carbons (Fsp3) is 0.0556. The van der Waals surface area contributed by atoms with Crippen molar-refractivity contribution < 1.29 is 4.74 Å². The molecule has 0 aliphatic rings. The van der Waals surface area contributed by atoms with Gasteiger partial charge in [0, 0.05) is 7.05 Å². The van der Waals surface area contributed by atoms with Gasteiger partial charge in [-0.15, -0.1) is 0 Å². The average Bonchev–Trinajstić information content (AvgIpc) is 2.83. The first-order valence-electron chi connectivity index (χ1n) is 7.10. The topological polar surface area (TPSA) is 53.1 Å². The van der Waals surface area contributed by atoms with Gasteiger partial charge in [0.05, 0.1) is 10.9 Å². The molecule has 0 unspecified atom stereocenters. The zero-order valence-electron chi connectivity index (χ0n) is 12.2. The number of ether oxygens (including phenoxy) is 1.